The summed E-state index contributed by atoms with van der Waals surface area (Å²) in [5.41, 5.74) is 5.16. The number of rotatable bonds is 2. The van der Waals surface area contributed by atoms with E-state index in [4.69, 9.17) is 10.8 Å². The summed E-state index contributed by atoms with van der Waals surface area (Å²) in [6.45, 7) is 3.55. The van der Waals surface area contributed by atoms with Crippen LogP contribution in [0, 0.1) is 5.92 Å². The Morgan fingerprint density at radius 3 is 2.37 bits per heavy atom. The topological polar surface area (TPSA) is 96.4 Å². The highest BCUT2D eigenvalue weighted by Crippen LogP contribution is 2.20. The van der Waals surface area contributed by atoms with Crippen LogP contribution in [0.15, 0.2) is 36.5 Å². The molecule has 0 fully saturated rings. The molecule has 2 aromatic rings. The second-order valence-electron chi connectivity index (χ2n) is 4.46. The summed E-state index contributed by atoms with van der Waals surface area (Å²) in [6, 6.07) is 8.75. The molecule has 19 heavy (non-hydrogen) atoms. The Kier molecular flexibility index (Phi) is 5.26. The Morgan fingerprint density at radius 2 is 1.89 bits per heavy atom. The van der Waals surface area contributed by atoms with Crippen LogP contribution in [0.2, 0.25) is 0 Å². The van der Waals surface area contributed by atoms with E-state index in [2.05, 4.69) is 4.98 Å². The van der Waals surface area contributed by atoms with Crippen LogP contribution in [0.25, 0.3) is 10.8 Å². The summed E-state index contributed by atoms with van der Waals surface area (Å²) in [7, 11) is 0. The van der Waals surface area contributed by atoms with Crippen molar-refractivity contribution in [2.45, 2.75) is 19.9 Å². The van der Waals surface area contributed by atoms with E-state index in [-0.39, 0.29) is 11.8 Å². The van der Waals surface area contributed by atoms with Crippen LogP contribution in [-0.2, 0) is 4.79 Å². The predicted octanol–water partition coefficient (Wildman–Crippen LogP) is 1.99. The molecule has 102 valence electrons. The highest BCUT2D eigenvalue weighted by atomic mass is 16.4. The van der Waals surface area contributed by atoms with Gasteiger partial charge in [0.15, 0.2) is 0 Å². The van der Waals surface area contributed by atoms with Crippen LogP contribution in [0.4, 0.5) is 0 Å². The van der Waals surface area contributed by atoms with Crippen molar-refractivity contribution < 1.29 is 15.0 Å². The Labute approximate surface area is 111 Å². The van der Waals surface area contributed by atoms with Crippen molar-refractivity contribution in [3.63, 3.8) is 0 Å². The van der Waals surface area contributed by atoms with Gasteiger partial charge in [-0.15, -0.1) is 0 Å². The summed E-state index contributed by atoms with van der Waals surface area (Å²) in [4.78, 5) is 13.8. The molecule has 0 unspecified atom stereocenters. The van der Waals surface area contributed by atoms with Crippen LogP contribution in [-0.4, -0.2) is 27.2 Å². The molecule has 0 bridgehead atoms. The number of pyridine rings is 1. The number of carboxylic acids is 1. The third-order valence-corrected chi connectivity index (χ3v) is 2.66. The summed E-state index contributed by atoms with van der Waals surface area (Å²) in [5, 5.41) is 19.3. The first-order chi connectivity index (χ1) is 8.93. The predicted molar refractivity (Wildman–Crippen MR) is 73.9 cm³/mol. The molecule has 2 rings (SSSR count). The molecule has 4 N–H and O–H groups in total. The van der Waals surface area contributed by atoms with Crippen molar-refractivity contribution in [3.05, 3.63) is 36.5 Å². The van der Waals surface area contributed by atoms with Crippen LogP contribution < -0.4 is 5.73 Å². The van der Waals surface area contributed by atoms with E-state index in [1.807, 2.05) is 30.3 Å². The van der Waals surface area contributed by atoms with Gasteiger partial charge in [-0.1, -0.05) is 32.0 Å². The molecule has 0 spiro atoms. The maximum atomic E-state index is 10.0. The number of fused-ring (bicyclic) bond motifs is 1. The molecule has 0 aliphatic rings. The Hall–Kier alpha value is -2.14. The first-order valence-corrected chi connectivity index (χ1v) is 5.94. The smallest absolute Gasteiger partial charge is 0.320 e. The van der Waals surface area contributed by atoms with Crippen molar-refractivity contribution in [2.75, 3.05) is 0 Å². The number of aliphatic carboxylic acids is 1. The second kappa shape index (κ2) is 6.70. The number of carbonyl (C=O) groups is 1. The molecule has 0 aliphatic carbocycles. The summed E-state index contributed by atoms with van der Waals surface area (Å²) >= 11 is 0. The first kappa shape index (κ1) is 14.9. The minimum absolute atomic E-state index is 0.0208. The zero-order chi connectivity index (χ0) is 14.4. The van der Waals surface area contributed by atoms with Crippen molar-refractivity contribution in [1.29, 1.82) is 0 Å². The molecule has 0 amide bonds. The normalized spacial score (nSPS) is 11.8. The van der Waals surface area contributed by atoms with Crippen molar-refractivity contribution in [1.82, 2.24) is 4.98 Å². The lowest BCUT2D eigenvalue weighted by atomic mass is 10.1. The Bertz CT molecular complexity index is 550. The Morgan fingerprint density at radius 1 is 1.26 bits per heavy atom. The maximum Gasteiger partial charge on any atom is 0.320 e. The van der Waals surface area contributed by atoms with Gasteiger partial charge < -0.3 is 15.9 Å². The summed E-state index contributed by atoms with van der Waals surface area (Å²) in [6.07, 6.45) is 1.59. The van der Waals surface area contributed by atoms with Crippen molar-refractivity contribution in [3.8, 4) is 5.88 Å². The Balaban J connectivity index is 0.000000203. The molecule has 1 heterocycles. The quantitative estimate of drug-likeness (QED) is 0.769. The molecule has 1 atom stereocenters. The molecule has 0 saturated carbocycles. The molecule has 5 heteroatoms. The van der Waals surface area contributed by atoms with E-state index < -0.39 is 12.0 Å². The van der Waals surface area contributed by atoms with Crippen molar-refractivity contribution in [2.24, 2.45) is 11.7 Å². The van der Waals surface area contributed by atoms with Gasteiger partial charge in [0.2, 0.25) is 5.88 Å². The lowest BCUT2D eigenvalue weighted by Gasteiger charge is -2.07. The monoisotopic (exact) mass is 262 g/mol. The van der Waals surface area contributed by atoms with Crippen LogP contribution in [0.1, 0.15) is 13.8 Å². The number of hydrogen-bond acceptors (Lipinski definition) is 4. The fourth-order valence-electron chi connectivity index (χ4n) is 1.39. The molecule has 0 saturated heterocycles. The number of aromatic hydroxyl groups is 1. The molecule has 1 aromatic heterocycles. The van der Waals surface area contributed by atoms with E-state index >= 15 is 0 Å². The van der Waals surface area contributed by atoms with Gasteiger partial charge in [-0.2, -0.15) is 0 Å². The van der Waals surface area contributed by atoms with Crippen LogP contribution in [0.3, 0.4) is 0 Å². The molecule has 0 radical (unpaired) electrons. The number of carboxylic acid groups (broad SMARTS) is 1. The van der Waals surface area contributed by atoms with Gasteiger partial charge in [-0.25, -0.2) is 4.98 Å². The van der Waals surface area contributed by atoms with E-state index in [9.17, 15) is 9.90 Å². The lowest BCUT2D eigenvalue weighted by Crippen LogP contribution is -2.34. The van der Waals surface area contributed by atoms with Gasteiger partial charge in [0.1, 0.15) is 6.04 Å². The number of nitrogens with zero attached hydrogens (tertiary/aromatic N) is 1. The zero-order valence-electron chi connectivity index (χ0n) is 10.9. The first-order valence-electron chi connectivity index (χ1n) is 5.94. The maximum absolute atomic E-state index is 10.0. The lowest BCUT2D eigenvalue weighted by molar-refractivity contribution is -0.139. The number of benzene rings is 1. The van der Waals surface area contributed by atoms with Gasteiger partial charge in [-0.3, -0.25) is 4.79 Å². The van der Waals surface area contributed by atoms with Crippen molar-refractivity contribution >= 4 is 16.7 Å². The SMILES string of the molecule is CC(C)[C@H](N)C(=O)O.Oc1nccc2ccccc12. The highest BCUT2D eigenvalue weighted by Gasteiger charge is 2.14. The van der Waals surface area contributed by atoms with Gasteiger partial charge in [0.25, 0.3) is 0 Å². The summed E-state index contributed by atoms with van der Waals surface area (Å²) in [5.74, 6) is -0.810. The summed E-state index contributed by atoms with van der Waals surface area (Å²) < 4.78 is 0. The molecular weight excluding hydrogens is 244 g/mol. The van der Waals surface area contributed by atoms with Gasteiger partial charge in [0.05, 0.1) is 0 Å². The van der Waals surface area contributed by atoms with E-state index in [0.717, 1.165) is 10.8 Å². The number of aromatic nitrogens is 1. The minimum Gasteiger partial charge on any atom is -0.493 e. The molecule has 1 aromatic carbocycles. The average Bonchev–Trinajstić information content (AvgIpc) is 2.39. The van der Waals surface area contributed by atoms with E-state index in [1.165, 1.54) is 0 Å². The van der Waals surface area contributed by atoms with Gasteiger partial charge in [0, 0.05) is 11.6 Å². The standard InChI is InChI=1S/C9H7NO.C5H11NO2/c11-9-8-4-2-1-3-7(8)5-6-10-9;1-3(2)4(6)5(7)8/h1-6H,(H,10,11);3-4H,6H2,1-2H3,(H,7,8)/t;4-/m.0/s1. The minimum atomic E-state index is -0.931. The fraction of sp³-hybridized carbons (Fsp3) is 0.286. The highest BCUT2D eigenvalue weighted by molar-refractivity contribution is 5.86. The van der Waals surface area contributed by atoms with Crippen LogP contribution >= 0.6 is 0 Å². The molecule has 5 nitrogen and oxygen atoms in total. The van der Waals surface area contributed by atoms with E-state index in [0.29, 0.717) is 0 Å². The number of hydrogen-bond donors (Lipinski definition) is 3. The molecule has 0 aliphatic heterocycles. The second-order valence-corrected chi connectivity index (χ2v) is 4.46. The molecular formula is C14H18N2O3. The van der Waals surface area contributed by atoms with Gasteiger partial charge in [-0.05, 0) is 23.4 Å². The van der Waals surface area contributed by atoms with E-state index in [1.54, 1.807) is 20.0 Å². The fourth-order valence-corrected chi connectivity index (χ4v) is 1.39. The number of nitrogens with two attached hydrogens (primary N) is 1. The van der Waals surface area contributed by atoms with Crippen LogP contribution in [0.5, 0.6) is 5.88 Å². The average molecular weight is 262 g/mol. The largest absolute Gasteiger partial charge is 0.493 e. The van der Waals surface area contributed by atoms with Gasteiger partial charge >= 0.3 is 5.97 Å². The zero-order valence-corrected chi connectivity index (χ0v) is 10.9. The third-order valence-electron chi connectivity index (χ3n) is 2.66. The third kappa shape index (κ3) is 4.22.